The fraction of sp³-hybridized carbons (Fsp3) is 0.207. The van der Waals surface area contributed by atoms with E-state index in [-0.39, 0.29) is 12.2 Å². The standard InChI is InChI=1S/C29H25BrClN3O3S/c1-5-37-28(36)25-17(3)32-29-34(26(25)22-8-6-7-9-23(22)31)27(35)24(38-29)15-19-14-16(2)33(18(19)4)21-12-10-20(30)11-13-21/h6-15,26H,5H2,1-4H3/b24-15-. The summed E-state index contributed by atoms with van der Waals surface area (Å²) in [6.45, 7) is 7.80. The average Bonchev–Trinajstić information content (AvgIpc) is 3.33. The van der Waals surface area contributed by atoms with Crippen LogP contribution in [0.3, 0.4) is 0 Å². The van der Waals surface area contributed by atoms with Crippen LogP contribution in [0.4, 0.5) is 0 Å². The number of hydrogen-bond donors (Lipinski definition) is 0. The van der Waals surface area contributed by atoms with Crippen LogP contribution in [0, 0.1) is 13.8 Å². The summed E-state index contributed by atoms with van der Waals surface area (Å²) in [5.41, 5.74) is 5.28. The SMILES string of the molecule is CCOC(=O)C1=C(C)N=c2s/c(=C\c3cc(C)n(-c4ccc(Br)cc4)c3C)c(=O)n2C1c1ccccc1Cl. The maximum absolute atomic E-state index is 13.9. The Morgan fingerprint density at radius 1 is 1.16 bits per heavy atom. The molecule has 0 N–H and O–H groups in total. The van der Waals surface area contributed by atoms with Gasteiger partial charge < -0.3 is 9.30 Å². The molecule has 9 heteroatoms. The second-order valence-electron chi connectivity index (χ2n) is 8.96. The van der Waals surface area contributed by atoms with Crippen LogP contribution in [-0.2, 0) is 9.53 Å². The van der Waals surface area contributed by atoms with E-state index in [9.17, 15) is 9.59 Å². The molecule has 0 amide bonds. The summed E-state index contributed by atoms with van der Waals surface area (Å²) in [4.78, 5) is 32.1. The molecule has 38 heavy (non-hydrogen) atoms. The predicted molar refractivity (Wildman–Crippen MR) is 155 cm³/mol. The second-order valence-corrected chi connectivity index (χ2v) is 11.3. The molecule has 0 aliphatic carbocycles. The monoisotopic (exact) mass is 609 g/mol. The number of thiazole rings is 1. The second kappa shape index (κ2) is 10.5. The first-order valence-electron chi connectivity index (χ1n) is 12.1. The first kappa shape index (κ1) is 26.4. The molecule has 2 aromatic heterocycles. The topological polar surface area (TPSA) is 65.6 Å². The van der Waals surface area contributed by atoms with E-state index in [2.05, 4.69) is 31.6 Å². The maximum atomic E-state index is 13.9. The Labute approximate surface area is 237 Å². The summed E-state index contributed by atoms with van der Waals surface area (Å²) in [5.74, 6) is -0.508. The van der Waals surface area contributed by atoms with Gasteiger partial charge in [0, 0.05) is 26.6 Å². The molecule has 1 aliphatic rings. The molecule has 6 nitrogen and oxygen atoms in total. The van der Waals surface area contributed by atoms with Crippen molar-refractivity contribution in [2.45, 2.75) is 33.7 Å². The van der Waals surface area contributed by atoms with Gasteiger partial charge in [-0.1, -0.05) is 57.1 Å². The third-order valence-corrected chi connectivity index (χ3v) is 8.41. The van der Waals surface area contributed by atoms with E-state index in [0.29, 0.717) is 31.2 Å². The first-order valence-corrected chi connectivity index (χ1v) is 14.1. The molecule has 4 aromatic rings. The van der Waals surface area contributed by atoms with Gasteiger partial charge in [0.25, 0.3) is 5.56 Å². The largest absolute Gasteiger partial charge is 0.463 e. The van der Waals surface area contributed by atoms with E-state index >= 15 is 0 Å². The zero-order valence-electron chi connectivity index (χ0n) is 21.3. The molecule has 0 radical (unpaired) electrons. The number of nitrogens with zero attached hydrogens (tertiary/aromatic N) is 3. The van der Waals surface area contributed by atoms with Crippen molar-refractivity contribution < 1.29 is 9.53 Å². The minimum atomic E-state index is -0.739. The van der Waals surface area contributed by atoms with E-state index in [4.69, 9.17) is 16.3 Å². The van der Waals surface area contributed by atoms with Crippen LogP contribution < -0.4 is 14.9 Å². The fourth-order valence-corrected chi connectivity index (χ4v) is 6.39. The van der Waals surface area contributed by atoms with Gasteiger partial charge in [-0.05, 0) is 81.3 Å². The number of rotatable bonds is 5. The molecule has 1 atom stereocenters. The number of fused-ring (bicyclic) bond motifs is 1. The van der Waals surface area contributed by atoms with Crippen molar-refractivity contribution in [3.63, 3.8) is 0 Å². The van der Waals surface area contributed by atoms with E-state index in [1.54, 1.807) is 24.5 Å². The molecule has 2 aromatic carbocycles. The highest BCUT2D eigenvalue weighted by Crippen LogP contribution is 2.34. The van der Waals surface area contributed by atoms with Crippen LogP contribution in [0.1, 0.15) is 42.4 Å². The average molecular weight is 611 g/mol. The lowest BCUT2D eigenvalue weighted by molar-refractivity contribution is -0.139. The van der Waals surface area contributed by atoms with Gasteiger partial charge in [0.2, 0.25) is 0 Å². The number of allylic oxidation sites excluding steroid dienone is 1. The van der Waals surface area contributed by atoms with E-state index in [0.717, 1.165) is 27.1 Å². The highest BCUT2D eigenvalue weighted by atomic mass is 79.9. The summed E-state index contributed by atoms with van der Waals surface area (Å²) < 4.78 is 10.6. The number of aromatic nitrogens is 2. The molecule has 0 spiro atoms. The van der Waals surface area contributed by atoms with Crippen molar-refractivity contribution in [1.82, 2.24) is 9.13 Å². The third-order valence-electron chi connectivity index (χ3n) is 6.56. The van der Waals surface area contributed by atoms with Gasteiger partial charge in [-0.2, -0.15) is 0 Å². The van der Waals surface area contributed by atoms with Gasteiger partial charge in [0.05, 0.1) is 22.4 Å². The zero-order chi connectivity index (χ0) is 27.1. The Morgan fingerprint density at radius 2 is 1.87 bits per heavy atom. The van der Waals surface area contributed by atoms with Crippen molar-refractivity contribution in [2.24, 2.45) is 4.99 Å². The third kappa shape index (κ3) is 4.61. The molecule has 1 unspecified atom stereocenters. The molecule has 0 bridgehead atoms. The summed E-state index contributed by atoms with van der Waals surface area (Å²) >= 11 is 11.4. The molecule has 0 saturated heterocycles. The lowest BCUT2D eigenvalue weighted by Gasteiger charge is -2.25. The summed E-state index contributed by atoms with van der Waals surface area (Å²) in [7, 11) is 0. The van der Waals surface area contributed by atoms with E-state index < -0.39 is 12.0 Å². The summed E-state index contributed by atoms with van der Waals surface area (Å²) in [5, 5.41) is 0.460. The number of esters is 1. The number of aryl methyl sites for hydroxylation is 1. The minimum Gasteiger partial charge on any atom is -0.463 e. The van der Waals surface area contributed by atoms with Gasteiger partial charge >= 0.3 is 5.97 Å². The quantitative estimate of drug-likeness (QED) is 0.276. The highest BCUT2D eigenvalue weighted by molar-refractivity contribution is 9.10. The molecule has 3 heterocycles. The van der Waals surface area contributed by atoms with Crippen LogP contribution >= 0.6 is 38.9 Å². The molecule has 0 fully saturated rings. The molecular weight excluding hydrogens is 586 g/mol. The molecule has 0 saturated carbocycles. The number of benzene rings is 2. The summed E-state index contributed by atoms with van der Waals surface area (Å²) in [6.07, 6.45) is 1.90. The number of carbonyl (C=O) groups is 1. The van der Waals surface area contributed by atoms with Crippen molar-refractivity contribution in [1.29, 1.82) is 0 Å². The van der Waals surface area contributed by atoms with Crippen LogP contribution in [0.15, 0.2) is 80.1 Å². The van der Waals surface area contributed by atoms with Crippen molar-refractivity contribution in [3.8, 4) is 5.69 Å². The van der Waals surface area contributed by atoms with Crippen molar-refractivity contribution >= 4 is 50.9 Å². The van der Waals surface area contributed by atoms with Gasteiger partial charge in [0.1, 0.15) is 6.04 Å². The Morgan fingerprint density at radius 3 is 2.55 bits per heavy atom. The van der Waals surface area contributed by atoms with Crippen LogP contribution in [-0.4, -0.2) is 21.7 Å². The van der Waals surface area contributed by atoms with Crippen molar-refractivity contribution in [3.05, 3.63) is 118 Å². The normalized spacial score (nSPS) is 15.4. The zero-order valence-corrected chi connectivity index (χ0v) is 24.4. The molecule has 5 rings (SSSR count). The van der Waals surface area contributed by atoms with Gasteiger partial charge in [-0.15, -0.1) is 0 Å². The van der Waals surface area contributed by atoms with Crippen LogP contribution in [0.5, 0.6) is 0 Å². The summed E-state index contributed by atoms with van der Waals surface area (Å²) in [6, 6.07) is 16.7. The van der Waals surface area contributed by atoms with Gasteiger partial charge in [0.15, 0.2) is 4.80 Å². The van der Waals surface area contributed by atoms with Crippen LogP contribution in [0.2, 0.25) is 5.02 Å². The predicted octanol–water partition coefficient (Wildman–Crippen LogP) is 5.62. The Bertz CT molecular complexity index is 1780. The number of halogens is 2. The lowest BCUT2D eigenvalue weighted by Crippen LogP contribution is -2.40. The van der Waals surface area contributed by atoms with E-state index in [1.807, 2.05) is 62.4 Å². The molecule has 194 valence electrons. The highest BCUT2D eigenvalue weighted by Gasteiger charge is 2.34. The first-order chi connectivity index (χ1) is 18.2. The van der Waals surface area contributed by atoms with Gasteiger partial charge in [-0.25, -0.2) is 9.79 Å². The number of carbonyl (C=O) groups excluding carboxylic acids is 1. The minimum absolute atomic E-state index is 0.212. The maximum Gasteiger partial charge on any atom is 0.338 e. The van der Waals surface area contributed by atoms with Gasteiger partial charge in [-0.3, -0.25) is 9.36 Å². The molecule has 1 aliphatic heterocycles. The Hall–Kier alpha value is -3.20. The number of ether oxygens (including phenoxy) is 1. The Kier molecular flexibility index (Phi) is 7.31. The fourth-order valence-electron chi connectivity index (χ4n) is 4.85. The van der Waals surface area contributed by atoms with Crippen molar-refractivity contribution in [2.75, 3.05) is 6.61 Å². The van der Waals surface area contributed by atoms with Crippen LogP contribution in [0.25, 0.3) is 11.8 Å². The number of hydrogen-bond acceptors (Lipinski definition) is 5. The Balaban J connectivity index is 1.70. The lowest BCUT2D eigenvalue weighted by atomic mass is 9.96. The van der Waals surface area contributed by atoms with E-state index in [1.165, 1.54) is 11.3 Å². The smallest absolute Gasteiger partial charge is 0.338 e. The molecular formula is C29H25BrClN3O3S.